The monoisotopic (exact) mass is 404 g/mol. The van der Waals surface area contributed by atoms with E-state index in [1.165, 1.54) is 18.3 Å². The van der Waals surface area contributed by atoms with Gasteiger partial charge in [-0.3, -0.25) is 4.79 Å². The molecule has 0 saturated carbocycles. The molecule has 5 nitrogen and oxygen atoms in total. The molecule has 0 bridgehead atoms. The summed E-state index contributed by atoms with van der Waals surface area (Å²) in [5, 5.41) is 2.31. The number of ether oxygens (including phenoxy) is 2. The van der Waals surface area contributed by atoms with Gasteiger partial charge in [-0.2, -0.15) is 0 Å². The molecule has 9 heteroatoms. The molecule has 1 aromatic heterocycles. The second-order valence-corrected chi connectivity index (χ2v) is 6.27. The lowest BCUT2D eigenvalue weighted by Crippen LogP contribution is -2.26. The van der Waals surface area contributed by atoms with Crippen molar-refractivity contribution >= 4 is 11.7 Å². The zero-order chi connectivity index (χ0) is 20.8. The van der Waals surface area contributed by atoms with Crippen molar-refractivity contribution in [1.82, 2.24) is 4.98 Å². The van der Waals surface area contributed by atoms with Crippen molar-refractivity contribution < 1.29 is 31.8 Å². The minimum atomic E-state index is -3.72. The number of alkyl halides is 2. The molecule has 1 amide bonds. The van der Waals surface area contributed by atoms with Gasteiger partial charge in [-0.05, 0) is 54.4 Å². The van der Waals surface area contributed by atoms with Crippen LogP contribution < -0.4 is 14.8 Å². The predicted octanol–water partition coefficient (Wildman–Crippen LogP) is 4.91. The number of rotatable bonds is 3. The van der Waals surface area contributed by atoms with Gasteiger partial charge in [0.05, 0.1) is 0 Å². The summed E-state index contributed by atoms with van der Waals surface area (Å²) in [6, 6.07) is 9.08. The molecule has 1 aliphatic heterocycles. The molecule has 1 aliphatic rings. The SMILES string of the molecule is Cc1cc(-c2ccc(NC(=O)c3c(F)cccc3F)nc2)cc2c1OC(F)(F)O2. The number of benzene rings is 2. The van der Waals surface area contributed by atoms with Gasteiger partial charge in [0.1, 0.15) is 23.0 Å². The van der Waals surface area contributed by atoms with Gasteiger partial charge in [0, 0.05) is 11.8 Å². The Hall–Kier alpha value is -3.62. The number of aryl methyl sites for hydroxylation is 1. The summed E-state index contributed by atoms with van der Waals surface area (Å²) in [6.07, 6.45) is -2.34. The minimum absolute atomic E-state index is 0.0393. The highest BCUT2D eigenvalue weighted by molar-refractivity contribution is 6.04. The molecule has 4 rings (SSSR count). The summed E-state index contributed by atoms with van der Waals surface area (Å²) in [7, 11) is 0. The number of hydrogen-bond acceptors (Lipinski definition) is 4. The third-order valence-corrected chi connectivity index (χ3v) is 4.22. The Labute approximate surface area is 161 Å². The second kappa shape index (κ2) is 6.77. The lowest BCUT2D eigenvalue weighted by Gasteiger charge is -2.08. The Balaban J connectivity index is 1.56. The first kappa shape index (κ1) is 18.7. The van der Waals surface area contributed by atoms with Crippen LogP contribution in [0.3, 0.4) is 0 Å². The normalized spacial score (nSPS) is 14.0. The van der Waals surface area contributed by atoms with Gasteiger partial charge < -0.3 is 14.8 Å². The van der Waals surface area contributed by atoms with E-state index in [4.69, 9.17) is 0 Å². The highest BCUT2D eigenvalue weighted by Gasteiger charge is 2.44. The molecule has 0 fully saturated rings. The van der Waals surface area contributed by atoms with Crippen LogP contribution in [-0.4, -0.2) is 17.2 Å². The third-order valence-electron chi connectivity index (χ3n) is 4.22. The van der Waals surface area contributed by atoms with Gasteiger partial charge in [0.2, 0.25) is 0 Å². The standard InChI is InChI=1S/C20H12F4N2O3/c1-10-7-12(8-15-18(10)29-20(23,24)28-15)11-5-6-16(25-9-11)26-19(27)17-13(21)3-2-4-14(17)22/h2-9H,1H3,(H,25,26,27). The topological polar surface area (TPSA) is 60.5 Å². The molecule has 0 spiro atoms. The molecule has 29 heavy (non-hydrogen) atoms. The molecule has 0 unspecified atom stereocenters. The molecule has 2 heterocycles. The number of amides is 1. The molecule has 0 aliphatic carbocycles. The summed E-state index contributed by atoms with van der Waals surface area (Å²) in [6.45, 7) is 1.60. The first-order chi connectivity index (χ1) is 13.7. The van der Waals surface area contributed by atoms with E-state index in [0.717, 1.165) is 18.2 Å². The maximum Gasteiger partial charge on any atom is 0.586 e. The van der Waals surface area contributed by atoms with Crippen LogP contribution in [0.5, 0.6) is 11.5 Å². The van der Waals surface area contributed by atoms with Crippen LogP contribution in [0.2, 0.25) is 0 Å². The largest absolute Gasteiger partial charge is 0.586 e. The van der Waals surface area contributed by atoms with E-state index in [1.807, 2.05) is 0 Å². The van der Waals surface area contributed by atoms with Crippen LogP contribution in [0.4, 0.5) is 23.4 Å². The highest BCUT2D eigenvalue weighted by Crippen LogP contribution is 2.45. The number of nitrogens with one attached hydrogen (secondary N) is 1. The number of pyridine rings is 1. The third kappa shape index (κ3) is 3.58. The van der Waals surface area contributed by atoms with Crippen LogP contribution in [-0.2, 0) is 0 Å². The van der Waals surface area contributed by atoms with E-state index in [0.29, 0.717) is 16.7 Å². The van der Waals surface area contributed by atoms with Crippen molar-refractivity contribution in [1.29, 1.82) is 0 Å². The number of carbonyl (C=O) groups excluding carboxylic acids is 1. The van der Waals surface area contributed by atoms with Crippen molar-refractivity contribution in [3.05, 3.63) is 71.4 Å². The average molecular weight is 404 g/mol. The highest BCUT2D eigenvalue weighted by atomic mass is 19.3. The minimum Gasteiger partial charge on any atom is -0.395 e. The number of fused-ring (bicyclic) bond motifs is 1. The summed E-state index contributed by atoms with van der Waals surface area (Å²) in [4.78, 5) is 16.1. The number of hydrogen-bond donors (Lipinski definition) is 1. The van der Waals surface area contributed by atoms with Gasteiger partial charge in [-0.25, -0.2) is 13.8 Å². The second-order valence-electron chi connectivity index (χ2n) is 6.27. The van der Waals surface area contributed by atoms with Crippen molar-refractivity contribution in [3.8, 4) is 22.6 Å². The predicted molar refractivity (Wildman–Crippen MR) is 94.9 cm³/mol. The lowest BCUT2D eigenvalue weighted by molar-refractivity contribution is -0.286. The molecule has 0 saturated heterocycles. The summed E-state index contributed by atoms with van der Waals surface area (Å²) in [5.41, 5.74) is 0.811. The van der Waals surface area contributed by atoms with E-state index < -0.39 is 29.4 Å². The Morgan fingerprint density at radius 3 is 2.41 bits per heavy atom. The maximum absolute atomic E-state index is 13.7. The van der Waals surface area contributed by atoms with E-state index in [1.54, 1.807) is 19.1 Å². The quantitative estimate of drug-likeness (QED) is 0.631. The fourth-order valence-corrected chi connectivity index (χ4v) is 2.91. The average Bonchev–Trinajstić information content (AvgIpc) is 2.97. The molecule has 0 atom stereocenters. The van der Waals surface area contributed by atoms with Crippen LogP contribution >= 0.6 is 0 Å². The van der Waals surface area contributed by atoms with Crippen LogP contribution in [0.25, 0.3) is 11.1 Å². The Morgan fingerprint density at radius 2 is 1.76 bits per heavy atom. The molecule has 2 aromatic carbocycles. The molecular formula is C20H12F4N2O3. The number of nitrogens with zero attached hydrogens (tertiary/aromatic N) is 1. The molecule has 1 N–H and O–H groups in total. The van der Waals surface area contributed by atoms with Gasteiger partial charge in [-0.1, -0.05) is 6.07 Å². The van der Waals surface area contributed by atoms with Gasteiger partial charge >= 0.3 is 6.29 Å². The zero-order valence-electron chi connectivity index (χ0n) is 14.8. The fraction of sp³-hybridized carbons (Fsp3) is 0.100. The number of aromatic nitrogens is 1. The van der Waals surface area contributed by atoms with E-state index in [2.05, 4.69) is 19.8 Å². The number of anilines is 1. The lowest BCUT2D eigenvalue weighted by atomic mass is 10.0. The summed E-state index contributed by atoms with van der Waals surface area (Å²) >= 11 is 0. The zero-order valence-corrected chi connectivity index (χ0v) is 14.8. The molecule has 148 valence electrons. The van der Waals surface area contributed by atoms with Gasteiger partial charge in [-0.15, -0.1) is 8.78 Å². The summed E-state index contributed by atoms with van der Waals surface area (Å²) < 4.78 is 62.9. The Morgan fingerprint density at radius 1 is 1.03 bits per heavy atom. The maximum atomic E-state index is 13.7. The van der Waals surface area contributed by atoms with Crippen LogP contribution in [0, 0.1) is 18.6 Å². The van der Waals surface area contributed by atoms with Gasteiger partial charge in [0.25, 0.3) is 5.91 Å². The van der Waals surface area contributed by atoms with E-state index >= 15 is 0 Å². The number of halogens is 4. The summed E-state index contributed by atoms with van der Waals surface area (Å²) in [5.74, 6) is -3.05. The van der Waals surface area contributed by atoms with Gasteiger partial charge in [0.15, 0.2) is 11.5 Å². The van der Waals surface area contributed by atoms with Crippen LogP contribution in [0.1, 0.15) is 15.9 Å². The van der Waals surface area contributed by atoms with Crippen molar-refractivity contribution in [2.45, 2.75) is 13.2 Å². The molecular weight excluding hydrogens is 392 g/mol. The fourth-order valence-electron chi connectivity index (χ4n) is 2.91. The molecule has 0 radical (unpaired) electrons. The first-order valence-corrected chi connectivity index (χ1v) is 8.36. The first-order valence-electron chi connectivity index (χ1n) is 8.36. The van der Waals surface area contributed by atoms with Crippen LogP contribution in [0.15, 0.2) is 48.7 Å². The Kier molecular flexibility index (Phi) is 4.37. The molecule has 3 aromatic rings. The number of carbonyl (C=O) groups is 1. The smallest absolute Gasteiger partial charge is 0.395 e. The van der Waals surface area contributed by atoms with Crippen molar-refractivity contribution in [3.63, 3.8) is 0 Å². The van der Waals surface area contributed by atoms with E-state index in [-0.39, 0.29) is 17.3 Å². The van der Waals surface area contributed by atoms with Crippen molar-refractivity contribution in [2.75, 3.05) is 5.32 Å². The van der Waals surface area contributed by atoms with Crippen molar-refractivity contribution in [2.24, 2.45) is 0 Å². The van der Waals surface area contributed by atoms with E-state index in [9.17, 15) is 22.4 Å². The Bertz CT molecular complexity index is 1100.